The zero-order chi connectivity index (χ0) is 18.1. The van der Waals surface area contributed by atoms with Crippen molar-refractivity contribution in [3.8, 4) is 0 Å². The number of aryl methyl sites for hydroxylation is 1. The zero-order valence-electron chi connectivity index (χ0n) is 15.6. The van der Waals surface area contributed by atoms with E-state index in [1.807, 2.05) is 34.7 Å². The van der Waals surface area contributed by atoms with Crippen molar-refractivity contribution in [2.75, 3.05) is 20.6 Å². The molecule has 1 aliphatic rings. The Labute approximate surface area is 143 Å². The summed E-state index contributed by atoms with van der Waals surface area (Å²) in [5, 5.41) is 5.50. The number of aromatic nitrogens is 2. The van der Waals surface area contributed by atoms with Gasteiger partial charge in [-0.15, -0.1) is 0 Å². The van der Waals surface area contributed by atoms with E-state index in [4.69, 9.17) is 0 Å². The Morgan fingerprint density at radius 3 is 2.50 bits per heavy atom. The summed E-state index contributed by atoms with van der Waals surface area (Å²) in [4.78, 5) is 31.7. The second kappa shape index (κ2) is 6.93. The number of imidazole rings is 1. The number of likely N-dealkylation sites (N-methyl/N-ethyl adjacent to an activating group) is 1. The van der Waals surface area contributed by atoms with Gasteiger partial charge in [0.1, 0.15) is 11.9 Å². The van der Waals surface area contributed by atoms with Crippen molar-refractivity contribution in [1.29, 1.82) is 0 Å². The number of hydrogen-bond donors (Lipinski definition) is 2. The smallest absolute Gasteiger partial charge is 0.272 e. The maximum absolute atomic E-state index is 12.8. The molecule has 1 aliphatic heterocycles. The van der Waals surface area contributed by atoms with Crippen LogP contribution in [0.25, 0.3) is 0 Å². The SMILES string of the molecule is CNC(=O)[C@@H](NC(=O)c1nc(C)n2c1CN(C)CCC2)C(C)(C)C. The molecule has 2 amide bonds. The van der Waals surface area contributed by atoms with Gasteiger partial charge in [-0.3, -0.25) is 9.59 Å². The number of carbonyl (C=O) groups is 2. The van der Waals surface area contributed by atoms with Crippen molar-refractivity contribution in [2.45, 2.75) is 53.2 Å². The maximum Gasteiger partial charge on any atom is 0.272 e. The fourth-order valence-corrected chi connectivity index (χ4v) is 3.10. The monoisotopic (exact) mass is 335 g/mol. The molecule has 7 heteroatoms. The molecule has 1 atom stereocenters. The molecule has 7 nitrogen and oxygen atoms in total. The van der Waals surface area contributed by atoms with Crippen LogP contribution in [0.3, 0.4) is 0 Å². The summed E-state index contributed by atoms with van der Waals surface area (Å²) in [6.07, 6.45) is 1.03. The minimum absolute atomic E-state index is 0.199. The van der Waals surface area contributed by atoms with Crippen molar-refractivity contribution >= 4 is 11.8 Å². The first-order valence-electron chi connectivity index (χ1n) is 8.42. The standard InChI is InChI=1S/C17H29N5O2/c1-11-19-13(12-10-21(6)8-7-9-22(11)12)15(23)20-14(16(24)18-5)17(2,3)4/h14H,7-10H2,1-6H3,(H,18,24)(H,20,23)/t14-/m1/s1. The van der Waals surface area contributed by atoms with Crippen LogP contribution in [0.2, 0.25) is 0 Å². The number of amides is 2. The van der Waals surface area contributed by atoms with Gasteiger partial charge < -0.3 is 20.1 Å². The maximum atomic E-state index is 12.8. The van der Waals surface area contributed by atoms with E-state index in [-0.39, 0.29) is 11.8 Å². The Balaban J connectivity index is 2.31. The Morgan fingerprint density at radius 1 is 1.25 bits per heavy atom. The molecule has 134 valence electrons. The molecule has 0 aliphatic carbocycles. The molecular weight excluding hydrogens is 306 g/mol. The number of nitrogens with one attached hydrogen (secondary N) is 2. The van der Waals surface area contributed by atoms with E-state index in [1.165, 1.54) is 0 Å². The molecule has 1 aromatic heterocycles. The topological polar surface area (TPSA) is 79.3 Å². The number of hydrogen-bond acceptors (Lipinski definition) is 4. The fourth-order valence-electron chi connectivity index (χ4n) is 3.10. The van der Waals surface area contributed by atoms with E-state index in [2.05, 4.69) is 25.1 Å². The van der Waals surface area contributed by atoms with Crippen LogP contribution < -0.4 is 10.6 Å². The summed E-state index contributed by atoms with van der Waals surface area (Å²) in [5.74, 6) is 0.360. The zero-order valence-corrected chi connectivity index (χ0v) is 15.6. The van der Waals surface area contributed by atoms with Crippen molar-refractivity contribution in [2.24, 2.45) is 5.41 Å². The quantitative estimate of drug-likeness (QED) is 0.861. The Hall–Kier alpha value is -1.89. The van der Waals surface area contributed by atoms with Crippen molar-refractivity contribution in [3.63, 3.8) is 0 Å². The second-order valence-corrected chi connectivity index (χ2v) is 7.58. The van der Waals surface area contributed by atoms with Gasteiger partial charge in [0, 0.05) is 20.1 Å². The average Bonchev–Trinajstić information content (AvgIpc) is 2.68. The van der Waals surface area contributed by atoms with Crippen molar-refractivity contribution < 1.29 is 9.59 Å². The van der Waals surface area contributed by atoms with Crippen molar-refractivity contribution in [1.82, 2.24) is 25.1 Å². The molecule has 0 aromatic carbocycles. The van der Waals surface area contributed by atoms with Crippen LogP contribution in [0.4, 0.5) is 0 Å². The summed E-state index contributed by atoms with van der Waals surface area (Å²) < 4.78 is 2.12. The van der Waals surface area contributed by atoms with Gasteiger partial charge in [0.05, 0.1) is 5.69 Å². The van der Waals surface area contributed by atoms with Gasteiger partial charge in [-0.25, -0.2) is 4.98 Å². The van der Waals surface area contributed by atoms with E-state index in [9.17, 15) is 9.59 Å². The van der Waals surface area contributed by atoms with Crippen LogP contribution in [-0.2, 0) is 17.9 Å². The molecule has 2 rings (SSSR count). The van der Waals surface area contributed by atoms with Crippen LogP contribution in [0.1, 0.15) is 49.2 Å². The number of rotatable bonds is 3. The molecule has 0 saturated carbocycles. The lowest BCUT2D eigenvalue weighted by atomic mass is 9.86. The van der Waals surface area contributed by atoms with E-state index < -0.39 is 11.5 Å². The predicted molar refractivity (Wildman–Crippen MR) is 92.7 cm³/mol. The van der Waals surface area contributed by atoms with Gasteiger partial charge in [-0.05, 0) is 32.4 Å². The Bertz CT molecular complexity index is 630. The third-order valence-electron chi connectivity index (χ3n) is 4.47. The Morgan fingerprint density at radius 2 is 1.92 bits per heavy atom. The first-order chi connectivity index (χ1) is 11.1. The molecule has 2 N–H and O–H groups in total. The van der Waals surface area contributed by atoms with E-state index >= 15 is 0 Å². The molecular formula is C17H29N5O2. The fraction of sp³-hybridized carbons (Fsp3) is 0.706. The van der Waals surface area contributed by atoms with Crippen molar-refractivity contribution in [3.05, 3.63) is 17.2 Å². The van der Waals surface area contributed by atoms with E-state index in [0.717, 1.165) is 31.0 Å². The lowest BCUT2D eigenvalue weighted by Crippen LogP contribution is -2.53. The summed E-state index contributed by atoms with van der Waals surface area (Å²) in [6.45, 7) is 10.3. The highest BCUT2D eigenvalue weighted by molar-refractivity contribution is 5.97. The third kappa shape index (κ3) is 3.77. The second-order valence-electron chi connectivity index (χ2n) is 7.58. The number of carbonyl (C=O) groups excluding carboxylic acids is 2. The Kier molecular flexibility index (Phi) is 5.32. The minimum Gasteiger partial charge on any atom is -0.357 e. The molecule has 0 fully saturated rings. The first kappa shape index (κ1) is 18.4. The highest BCUT2D eigenvalue weighted by Gasteiger charge is 2.34. The first-order valence-corrected chi connectivity index (χ1v) is 8.42. The van der Waals surface area contributed by atoms with Gasteiger partial charge in [0.15, 0.2) is 5.69 Å². The highest BCUT2D eigenvalue weighted by Crippen LogP contribution is 2.22. The molecule has 0 saturated heterocycles. The molecule has 0 radical (unpaired) electrons. The van der Waals surface area contributed by atoms with Gasteiger partial charge in [-0.1, -0.05) is 20.8 Å². The van der Waals surface area contributed by atoms with Crippen LogP contribution >= 0.6 is 0 Å². The summed E-state index contributed by atoms with van der Waals surface area (Å²) >= 11 is 0. The number of nitrogens with zero attached hydrogens (tertiary/aromatic N) is 3. The summed E-state index contributed by atoms with van der Waals surface area (Å²) in [7, 11) is 3.62. The molecule has 24 heavy (non-hydrogen) atoms. The van der Waals surface area contributed by atoms with E-state index in [0.29, 0.717) is 12.2 Å². The largest absolute Gasteiger partial charge is 0.357 e. The third-order valence-corrected chi connectivity index (χ3v) is 4.47. The van der Waals surface area contributed by atoms with Crippen LogP contribution in [-0.4, -0.2) is 52.9 Å². The average molecular weight is 335 g/mol. The van der Waals surface area contributed by atoms with E-state index in [1.54, 1.807) is 7.05 Å². The molecule has 2 heterocycles. The van der Waals surface area contributed by atoms with Gasteiger partial charge in [0.2, 0.25) is 5.91 Å². The normalized spacial score (nSPS) is 16.9. The minimum atomic E-state index is -0.615. The summed E-state index contributed by atoms with van der Waals surface area (Å²) in [5.41, 5.74) is 0.965. The van der Waals surface area contributed by atoms with Crippen LogP contribution in [0, 0.1) is 12.3 Å². The van der Waals surface area contributed by atoms with Gasteiger partial charge in [0.25, 0.3) is 5.91 Å². The summed E-state index contributed by atoms with van der Waals surface area (Å²) in [6, 6.07) is -0.615. The van der Waals surface area contributed by atoms with Gasteiger partial charge >= 0.3 is 0 Å². The lowest BCUT2D eigenvalue weighted by molar-refractivity contribution is -0.124. The predicted octanol–water partition coefficient (Wildman–Crippen LogP) is 0.918. The van der Waals surface area contributed by atoms with Gasteiger partial charge in [-0.2, -0.15) is 0 Å². The number of fused-ring (bicyclic) bond motifs is 1. The molecule has 0 spiro atoms. The van der Waals surface area contributed by atoms with Crippen LogP contribution in [0.15, 0.2) is 0 Å². The molecule has 0 bridgehead atoms. The molecule has 0 unspecified atom stereocenters. The lowest BCUT2D eigenvalue weighted by Gasteiger charge is -2.29. The molecule has 1 aromatic rings. The highest BCUT2D eigenvalue weighted by atomic mass is 16.2. The van der Waals surface area contributed by atoms with Crippen LogP contribution in [0.5, 0.6) is 0 Å².